The van der Waals surface area contributed by atoms with E-state index in [-0.39, 0.29) is 18.9 Å². The summed E-state index contributed by atoms with van der Waals surface area (Å²) >= 11 is 0. The maximum absolute atomic E-state index is 13.3. The minimum absolute atomic E-state index is 0.127. The van der Waals surface area contributed by atoms with Crippen molar-refractivity contribution in [2.75, 3.05) is 27.2 Å². The number of rotatable bonds is 12. The molecular weight excluding hydrogens is 469 g/mol. The number of carboxylic acids is 1. The largest absolute Gasteiger partial charge is 0.481 e. The topological polar surface area (TPSA) is 114 Å². The van der Waals surface area contributed by atoms with E-state index in [0.717, 1.165) is 32.1 Å². The lowest BCUT2D eigenvalue weighted by molar-refractivity contribution is -0.173. The number of hydrogen-bond donors (Lipinski definition) is 2. The summed E-state index contributed by atoms with van der Waals surface area (Å²) in [5, 5.41) is 15.0. The number of carbonyl (C=O) groups excluding carboxylic acids is 3. The van der Waals surface area contributed by atoms with Crippen molar-refractivity contribution < 1.29 is 28.7 Å². The van der Waals surface area contributed by atoms with Gasteiger partial charge in [-0.3, -0.25) is 14.4 Å². The van der Waals surface area contributed by atoms with Gasteiger partial charge in [0.05, 0.1) is 13.0 Å². The second-order valence-corrected chi connectivity index (χ2v) is 9.17. The van der Waals surface area contributed by atoms with Crippen LogP contribution in [0.15, 0.2) is 24.3 Å². The molecule has 0 aliphatic carbocycles. The van der Waals surface area contributed by atoms with Crippen molar-refractivity contribution >= 4 is 23.8 Å². The van der Waals surface area contributed by atoms with Crippen LogP contribution in [-0.2, 0) is 20.9 Å². The molecule has 1 aliphatic heterocycles. The van der Waals surface area contributed by atoms with Gasteiger partial charge in [-0.1, -0.05) is 44.7 Å². The quantitative estimate of drug-likeness (QED) is 0.421. The second kappa shape index (κ2) is 13.8. The molecule has 2 rings (SSSR count). The molecule has 1 aromatic carbocycles. The van der Waals surface area contributed by atoms with E-state index in [1.165, 1.54) is 32.0 Å². The number of likely N-dealkylation sites (N-methyl/N-ethyl adjacent to an activating group) is 2. The van der Waals surface area contributed by atoms with Crippen LogP contribution < -0.4 is 5.32 Å². The van der Waals surface area contributed by atoms with Crippen molar-refractivity contribution in [3.8, 4) is 0 Å². The smallest absolute Gasteiger partial charge is 0.334 e. The Kier molecular flexibility index (Phi) is 11.1. The van der Waals surface area contributed by atoms with E-state index in [4.69, 9.17) is 0 Å². The van der Waals surface area contributed by atoms with Crippen LogP contribution in [0.5, 0.6) is 0 Å². The number of hydrogen-bond acceptors (Lipinski definition) is 5. The van der Waals surface area contributed by atoms with Gasteiger partial charge in [-0.15, -0.1) is 0 Å². The Bertz CT molecular complexity index is 913. The van der Waals surface area contributed by atoms with Gasteiger partial charge in [0.2, 0.25) is 11.8 Å². The molecule has 1 aliphatic rings. The first-order valence-corrected chi connectivity index (χ1v) is 12.4. The fraction of sp³-hybridized carbons (Fsp3) is 0.600. The number of halogens is 1. The van der Waals surface area contributed by atoms with E-state index in [1.54, 1.807) is 33.2 Å². The first kappa shape index (κ1) is 29.0. The summed E-state index contributed by atoms with van der Waals surface area (Å²) in [4.78, 5) is 53.6. The third-order valence-corrected chi connectivity index (χ3v) is 6.30. The van der Waals surface area contributed by atoms with E-state index in [9.17, 15) is 28.7 Å². The zero-order valence-corrected chi connectivity index (χ0v) is 21.6. The number of carbonyl (C=O) groups is 4. The maximum Gasteiger partial charge on any atom is 0.334 e. The lowest BCUT2D eigenvalue weighted by Crippen LogP contribution is -2.69. The van der Waals surface area contributed by atoms with Crippen LogP contribution in [0.4, 0.5) is 9.18 Å². The first-order chi connectivity index (χ1) is 17.1. The van der Waals surface area contributed by atoms with E-state index < -0.39 is 42.4 Å². The Morgan fingerprint density at radius 2 is 1.81 bits per heavy atom. The van der Waals surface area contributed by atoms with Crippen LogP contribution in [0.3, 0.4) is 0 Å². The molecular formula is C25H38FN5O5. The number of benzene rings is 1. The van der Waals surface area contributed by atoms with E-state index in [1.807, 2.05) is 0 Å². The van der Waals surface area contributed by atoms with E-state index in [2.05, 4.69) is 12.2 Å². The monoisotopic (exact) mass is 507 g/mol. The lowest BCUT2D eigenvalue weighted by Gasteiger charge is -2.48. The standard InChI is InChI=1S/C25H38FN5O5/c1-5-6-7-8-9-14-28(3)24(35)21(15-23(33)34)30-18(2)31(29(4)17-22(30)32)25(36)27-16-19-10-12-20(26)13-11-19/h10-13,18,21H,5-9,14-17H2,1-4H3,(H,27,36)(H,33,34)/t18-,21-/m0/s1. The van der Waals surface area contributed by atoms with Gasteiger partial charge in [0.25, 0.3) is 0 Å². The van der Waals surface area contributed by atoms with Crippen LogP contribution in [0, 0.1) is 5.82 Å². The molecule has 0 saturated carbocycles. The Morgan fingerprint density at radius 3 is 2.42 bits per heavy atom. The number of urea groups is 1. The molecule has 0 radical (unpaired) electrons. The fourth-order valence-electron chi connectivity index (χ4n) is 4.37. The highest BCUT2D eigenvalue weighted by Gasteiger charge is 2.44. The van der Waals surface area contributed by atoms with Gasteiger partial charge in [0.1, 0.15) is 18.0 Å². The fourth-order valence-corrected chi connectivity index (χ4v) is 4.37. The minimum atomic E-state index is -1.24. The highest BCUT2D eigenvalue weighted by Crippen LogP contribution is 2.22. The third-order valence-electron chi connectivity index (χ3n) is 6.30. The average Bonchev–Trinajstić information content (AvgIpc) is 2.81. The zero-order valence-electron chi connectivity index (χ0n) is 21.6. The summed E-state index contributed by atoms with van der Waals surface area (Å²) in [6.45, 7) is 4.09. The molecule has 0 bridgehead atoms. The SMILES string of the molecule is CCCCCCCN(C)C(=O)[C@H](CC(=O)O)N1C(=O)CN(C)N(C(=O)NCc2ccc(F)cc2)[C@H]1C. The molecule has 36 heavy (non-hydrogen) atoms. The molecule has 0 unspecified atom stereocenters. The summed E-state index contributed by atoms with van der Waals surface area (Å²) in [6, 6.07) is 3.91. The number of carboxylic acid groups (broad SMARTS) is 1. The van der Waals surface area contributed by atoms with Gasteiger partial charge in [-0.25, -0.2) is 19.2 Å². The summed E-state index contributed by atoms with van der Waals surface area (Å²) in [7, 11) is 3.18. The van der Waals surface area contributed by atoms with E-state index >= 15 is 0 Å². The highest BCUT2D eigenvalue weighted by molar-refractivity contribution is 5.92. The molecule has 0 aromatic heterocycles. The molecule has 1 aromatic rings. The number of nitrogens with zero attached hydrogens (tertiary/aromatic N) is 4. The van der Waals surface area contributed by atoms with Crippen molar-refractivity contribution in [2.45, 2.75) is 71.1 Å². The number of hydrazine groups is 1. The highest BCUT2D eigenvalue weighted by atomic mass is 19.1. The van der Waals surface area contributed by atoms with Crippen LogP contribution in [0.1, 0.15) is 57.9 Å². The van der Waals surface area contributed by atoms with Gasteiger partial charge >= 0.3 is 12.0 Å². The molecule has 2 atom stereocenters. The van der Waals surface area contributed by atoms with Crippen LogP contribution in [-0.4, -0.2) is 88.1 Å². The van der Waals surface area contributed by atoms with Crippen LogP contribution in [0.2, 0.25) is 0 Å². The summed E-state index contributed by atoms with van der Waals surface area (Å²) in [6.07, 6.45) is 3.55. The van der Waals surface area contributed by atoms with Gasteiger partial charge in [-0.2, -0.15) is 0 Å². The van der Waals surface area contributed by atoms with Crippen LogP contribution in [0.25, 0.3) is 0 Å². The van der Waals surface area contributed by atoms with Crippen LogP contribution >= 0.6 is 0 Å². The van der Waals surface area contributed by atoms with Crippen molar-refractivity contribution in [1.29, 1.82) is 0 Å². The number of aliphatic carboxylic acids is 1. The molecule has 1 fully saturated rings. The summed E-state index contributed by atoms with van der Waals surface area (Å²) in [5.74, 6) is -2.51. The summed E-state index contributed by atoms with van der Waals surface area (Å²) < 4.78 is 13.2. The molecule has 11 heteroatoms. The molecule has 1 saturated heterocycles. The Balaban J connectivity index is 2.15. The van der Waals surface area contributed by atoms with Gasteiger partial charge in [0, 0.05) is 27.2 Å². The van der Waals surface area contributed by atoms with Gasteiger partial charge in [-0.05, 0) is 31.0 Å². The third kappa shape index (κ3) is 7.91. The van der Waals surface area contributed by atoms with Crippen molar-refractivity contribution in [1.82, 2.24) is 25.1 Å². The molecule has 10 nitrogen and oxygen atoms in total. The predicted octanol–water partition coefficient (Wildman–Crippen LogP) is 2.64. The Morgan fingerprint density at radius 1 is 1.17 bits per heavy atom. The lowest BCUT2D eigenvalue weighted by atomic mass is 10.1. The van der Waals surface area contributed by atoms with Crippen molar-refractivity contribution in [2.24, 2.45) is 0 Å². The first-order valence-electron chi connectivity index (χ1n) is 12.4. The predicted molar refractivity (Wildman–Crippen MR) is 132 cm³/mol. The normalized spacial score (nSPS) is 17.1. The van der Waals surface area contributed by atoms with Crippen molar-refractivity contribution in [3.63, 3.8) is 0 Å². The summed E-state index contributed by atoms with van der Waals surface area (Å²) in [5.41, 5.74) is 0.685. The number of amides is 4. The maximum atomic E-state index is 13.3. The Labute approximate surface area is 212 Å². The molecule has 4 amide bonds. The Hall–Kier alpha value is -3.21. The molecule has 0 spiro atoms. The number of nitrogens with one attached hydrogen (secondary N) is 1. The number of unbranched alkanes of at least 4 members (excludes halogenated alkanes) is 4. The van der Waals surface area contributed by atoms with Gasteiger partial charge in [0.15, 0.2) is 0 Å². The minimum Gasteiger partial charge on any atom is -0.481 e. The average molecular weight is 508 g/mol. The van der Waals surface area contributed by atoms with Crippen molar-refractivity contribution in [3.05, 3.63) is 35.6 Å². The van der Waals surface area contributed by atoms with Gasteiger partial charge < -0.3 is 20.2 Å². The molecule has 200 valence electrons. The molecule has 2 N–H and O–H groups in total. The zero-order chi connectivity index (χ0) is 26.8. The van der Waals surface area contributed by atoms with E-state index in [0.29, 0.717) is 12.1 Å². The second-order valence-electron chi connectivity index (χ2n) is 9.17. The molecule has 1 heterocycles.